The first-order chi connectivity index (χ1) is 12.2. The van der Waals surface area contributed by atoms with Gasteiger partial charge in [0.25, 0.3) is 5.56 Å². The quantitative estimate of drug-likeness (QED) is 0.651. The summed E-state index contributed by atoms with van der Waals surface area (Å²) in [6, 6.07) is 5.03. The molecule has 1 unspecified atom stereocenters. The van der Waals surface area contributed by atoms with Crippen LogP contribution in [0.2, 0.25) is 0 Å². The molecule has 0 saturated carbocycles. The third kappa shape index (κ3) is 3.50. The van der Waals surface area contributed by atoms with Crippen LogP contribution in [0.15, 0.2) is 46.5 Å². The lowest BCUT2D eigenvalue weighted by Gasteiger charge is -2.13. The fraction of sp³-hybridized carbons (Fsp3) is 0.188. The number of nitrogens with zero attached hydrogens (tertiary/aromatic N) is 3. The van der Waals surface area contributed by atoms with Crippen molar-refractivity contribution in [2.75, 3.05) is 5.75 Å². The first kappa shape index (κ1) is 18.2. The van der Waals surface area contributed by atoms with Gasteiger partial charge in [-0.15, -0.1) is 0 Å². The third-order valence-electron chi connectivity index (χ3n) is 3.56. The number of aromatic nitrogens is 3. The Balaban J connectivity index is 2.17. The number of benzene rings is 1. The highest BCUT2D eigenvalue weighted by Crippen LogP contribution is 2.25. The molecule has 26 heavy (non-hydrogen) atoms. The molecule has 0 amide bonds. The second kappa shape index (κ2) is 6.60. The van der Waals surface area contributed by atoms with Gasteiger partial charge in [0.2, 0.25) is 0 Å². The van der Waals surface area contributed by atoms with Crippen LogP contribution in [0.1, 0.15) is 5.56 Å². The fourth-order valence-corrected chi connectivity index (χ4v) is 3.54. The largest absolute Gasteiger partial charge is 0.400 e. The van der Waals surface area contributed by atoms with Crippen LogP contribution in [0, 0.1) is 12.7 Å². The van der Waals surface area contributed by atoms with Gasteiger partial charge in [0, 0.05) is 11.1 Å². The van der Waals surface area contributed by atoms with Crippen molar-refractivity contribution in [1.82, 2.24) is 14.5 Å². The average molecular weight is 385 g/mol. The molecule has 1 atom stereocenters. The standard InChI is InChI=1S/C16H11F4N3O2S/c1-9-5-10(17)12(6-13(9)26(25)7-16(18,19)20)23-8-22-11-3-2-4-21-14(11)15(23)24/h2-6,8H,7H2,1H3. The van der Waals surface area contributed by atoms with Gasteiger partial charge in [-0.25, -0.2) is 14.4 Å². The number of hydrogen-bond acceptors (Lipinski definition) is 4. The minimum absolute atomic E-state index is 0.0204. The van der Waals surface area contributed by atoms with E-state index in [1.54, 1.807) is 12.1 Å². The Morgan fingerprint density at radius 1 is 1.23 bits per heavy atom. The summed E-state index contributed by atoms with van der Waals surface area (Å²) in [6.07, 6.45) is -2.22. The molecule has 0 fully saturated rings. The Hall–Kier alpha value is -2.62. The molecule has 2 heterocycles. The topological polar surface area (TPSA) is 64.8 Å². The predicted octanol–water partition coefficient (Wildman–Crippen LogP) is 2.90. The highest BCUT2D eigenvalue weighted by Gasteiger charge is 2.32. The van der Waals surface area contributed by atoms with Gasteiger partial charge >= 0.3 is 6.18 Å². The van der Waals surface area contributed by atoms with Crippen LogP contribution in [0.4, 0.5) is 17.6 Å². The van der Waals surface area contributed by atoms with Gasteiger partial charge in [0.1, 0.15) is 17.9 Å². The zero-order chi connectivity index (χ0) is 19.1. The molecule has 5 nitrogen and oxygen atoms in total. The maximum Gasteiger partial charge on any atom is 0.400 e. The minimum atomic E-state index is -4.64. The fourth-order valence-electron chi connectivity index (χ4n) is 2.42. The van der Waals surface area contributed by atoms with E-state index in [0.717, 1.165) is 23.0 Å². The van der Waals surface area contributed by atoms with Gasteiger partial charge in [0.15, 0.2) is 5.52 Å². The second-order valence-electron chi connectivity index (χ2n) is 5.47. The molecule has 2 aromatic heterocycles. The molecule has 3 rings (SSSR count). The van der Waals surface area contributed by atoms with Crippen LogP contribution in [0.25, 0.3) is 16.7 Å². The molecule has 0 radical (unpaired) electrons. The molecule has 0 bridgehead atoms. The lowest BCUT2D eigenvalue weighted by Crippen LogP contribution is -2.22. The molecule has 0 spiro atoms. The van der Waals surface area contributed by atoms with Crippen LogP contribution in [0.5, 0.6) is 0 Å². The summed E-state index contributed by atoms with van der Waals surface area (Å²) >= 11 is 0. The van der Waals surface area contributed by atoms with Crippen molar-refractivity contribution in [2.45, 2.75) is 18.0 Å². The smallest absolute Gasteiger partial charge is 0.266 e. The maximum atomic E-state index is 14.4. The van der Waals surface area contributed by atoms with Crippen LogP contribution in [-0.2, 0) is 10.8 Å². The van der Waals surface area contributed by atoms with Gasteiger partial charge in [-0.1, -0.05) is 0 Å². The maximum absolute atomic E-state index is 14.4. The molecule has 0 saturated heterocycles. The molecular weight excluding hydrogens is 374 g/mol. The number of rotatable bonds is 3. The van der Waals surface area contributed by atoms with E-state index in [1.807, 2.05) is 0 Å². The Morgan fingerprint density at radius 2 is 1.96 bits per heavy atom. The van der Waals surface area contributed by atoms with Crippen LogP contribution in [0.3, 0.4) is 0 Å². The van der Waals surface area contributed by atoms with Crippen molar-refractivity contribution in [1.29, 1.82) is 0 Å². The molecule has 0 aliphatic carbocycles. The molecule has 1 aromatic carbocycles. The minimum Gasteiger partial charge on any atom is -0.266 e. The van der Waals surface area contributed by atoms with Crippen molar-refractivity contribution < 1.29 is 21.8 Å². The molecule has 0 N–H and O–H groups in total. The Bertz CT molecular complexity index is 1080. The number of aryl methyl sites for hydroxylation is 1. The summed E-state index contributed by atoms with van der Waals surface area (Å²) in [4.78, 5) is 20.2. The molecular formula is C16H11F4N3O2S. The highest BCUT2D eigenvalue weighted by molar-refractivity contribution is 7.85. The third-order valence-corrected chi connectivity index (χ3v) is 5.08. The van der Waals surface area contributed by atoms with Gasteiger partial charge in [-0.2, -0.15) is 13.2 Å². The van der Waals surface area contributed by atoms with E-state index in [1.165, 1.54) is 13.1 Å². The summed E-state index contributed by atoms with van der Waals surface area (Å²) in [7, 11) is -2.43. The summed E-state index contributed by atoms with van der Waals surface area (Å²) in [5, 5.41) is 0. The Labute approximate surface area is 146 Å². The van der Waals surface area contributed by atoms with Crippen LogP contribution in [-0.4, -0.2) is 30.7 Å². The zero-order valence-corrected chi connectivity index (χ0v) is 14.1. The lowest BCUT2D eigenvalue weighted by atomic mass is 10.2. The number of alkyl halides is 3. The van der Waals surface area contributed by atoms with E-state index in [4.69, 9.17) is 0 Å². The van der Waals surface area contributed by atoms with Gasteiger partial charge in [0.05, 0.1) is 22.0 Å². The normalized spacial score (nSPS) is 13.1. The van der Waals surface area contributed by atoms with Crippen LogP contribution < -0.4 is 5.56 Å². The van der Waals surface area contributed by atoms with Crippen molar-refractivity contribution in [3.8, 4) is 5.69 Å². The molecule has 10 heteroatoms. The summed E-state index contributed by atoms with van der Waals surface area (Å²) in [6.45, 7) is 1.35. The van der Waals surface area contributed by atoms with Gasteiger partial charge in [-0.05, 0) is 36.8 Å². The van der Waals surface area contributed by atoms with E-state index in [0.29, 0.717) is 5.52 Å². The summed E-state index contributed by atoms with van der Waals surface area (Å²) < 4.78 is 64.8. The average Bonchev–Trinajstić information content (AvgIpc) is 2.54. The van der Waals surface area contributed by atoms with E-state index in [2.05, 4.69) is 9.97 Å². The van der Waals surface area contributed by atoms with Gasteiger partial charge in [-0.3, -0.25) is 13.6 Å². The van der Waals surface area contributed by atoms with E-state index >= 15 is 0 Å². The SMILES string of the molecule is Cc1cc(F)c(-n2cnc3cccnc3c2=O)cc1S(=O)CC(F)(F)F. The van der Waals surface area contributed by atoms with Crippen molar-refractivity contribution in [3.05, 3.63) is 58.5 Å². The Kier molecular flexibility index (Phi) is 4.61. The van der Waals surface area contributed by atoms with Crippen molar-refractivity contribution in [3.63, 3.8) is 0 Å². The number of hydrogen-bond donors (Lipinski definition) is 0. The number of fused-ring (bicyclic) bond motifs is 1. The molecule has 0 aliphatic heterocycles. The van der Waals surface area contributed by atoms with E-state index < -0.39 is 34.1 Å². The van der Waals surface area contributed by atoms with Crippen LogP contribution >= 0.6 is 0 Å². The first-order valence-electron chi connectivity index (χ1n) is 7.25. The summed E-state index contributed by atoms with van der Waals surface area (Å²) in [5.74, 6) is -2.42. The molecule has 3 aromatic rings. The molecule has 0 aliphatic rings. The van der Waals surface area contributed by atoms with E-state index in [-0.39, 0.29) is 21.7 Å². The monoisotopic (exact) mass is 385 g/mol. The van der Waals surface area contributed by atoms with Gasteiger partial charge < -0.3 is 0 Å². The zero-order valence-electron chi connectivity index (χ0n) is 13.2. The van der Waals surface area contributed by atoms with Crippen molar-refractivity contribution in [2.24, 2.45) is 0 Å². The number of pyridine rings is 1. The number of halogens is 4. The Morgan fingerprint density at radius 3 is 2.65 bits per heavy atom. The first-order valence-corrected chi connectivity index (χ1v) is 8.57. The van der Waals surface area contributed by atoms with Crippen molar-refractivity contribution >= 4 is 21.8 Å². The lowest BCUT2D eigenvalue weighted by molar-refractivity contribution is -0.105. The summed E-state index contributed by atoms with van der Waals surface area (Å²) in [5.41, 5.74) is -0.666. The predicted molar refractivity (Wildman–Crippen MR) is 87.2 cm³/mol. The molecule has 136 valence electrons. The van der Waals surface area contributed by atoms with E-state index in [9.17, 15) is 26.6 Å². The highest BCUT2D eigenvalue weighted by atomic mass is 32.2. The second-order valence-corrected chi connectivity index (χ2v) is 6.88.